The highest BCUT2D eigenvalue weighted by Gasteiger charge is 2.12. The summed E-state index contributed by atoms with van der Waals surface area (Å²) in [4.78, 5) is 38.5. The van der Waals surface area contributed by atoms with Gasteiger partial charge in [0.2, 0.25) is 0 Å². The zero-order valence-corrected chi connectivity index (χ0v) is 11.5. The number of carbonyl (C=O) groups is 1. The zero-order chi connectivity index (χ0) is 14.0. The molecule has 1 aromatic heterocycles. The highest BCUT2D eigenvalue weighted by Crippen LogP contribution is 2.23. The van der Waals surface area contributed by atoms with E-state index in [4.69, 9.17) is 0 Å². The Balaban J connectivity index is 2.31. The Morgan fingerprint density at radius 1 is 1.32 bits per heavy atom. The molecule has 1 aromatic carbocycles. The third-order valence-electron chi connectivity index (χ3n) is 2.44. The van der Waals surface area contributed by atoms with Crippen molar-refractivity contribution in [2.24, 2.45) is 0 Å². The summed E-state index contributed by atoms with van der Waals surface area (Å²) in [6.07, 6.45) is 1.08. The topological polar surface area (TPSA) is 94.8 Å². The number of amides is 1. The average Bonchev–Trinajstić information content (AvgIpc) is 2.32. The van der Waals surface area contributed by atoms with Crippen LogP contribution in [0.25, 0.3) is 0 Å². The van der Waals surface area contributed by atoms with Crippen LogP contribution in [0.2, 0.25) is 0 Å². The Morgan fingerprint density at radius 2 is 2.05 bits per heavy atom. The van der Waals surface area contributed by atoms with Crippen LogP contribution in [0.5, 0.6) is 0 Å². The molecule has 3 N–H and O–H groups in total. The van der Waals surface area contributed by atoms with Gasteiger partial charge in [0.1, 0.15) is 5.56 Å². The van der Waals surface area contributed by atoms with Crippen molar-refractivity contribution in [2.75, 3.05) is 5.32 Å². The third-order valence-corrected chi connectivity index (χ3v) is 3.09. The van der Waals surface area contributed by atoms with Crippen LogP contribution in [0.4, 0.5) is 5.69 Å². The summed E-state index contributed by atoms with van der Waals surface area (Å²) < 4.78 is 0.710. The van der Waals surface area contributed by atoms with E-state index in [1.54, 1.807) is 6.07 Å². The largest absolute Gasteiger partial charge is 0.325 e. The van der Waals surface area contributed by atoms with Gasteiger partial charge in [0, 0.05) is 10.7 Å². The van der Waals surface area contributed by atoms with Crippen molar-refractivity contribution < 1.29 is 4.79 Å². The summed E-state index contributed by atoms with van der Waals surface area (Å²) >= 11 is 3.32. The maximum Gasteiger partial charge on any atom is 0.325 e. The Hall–Kier alpha value is -2.15. The molecule has 7 heteroatoms. The minimum absolute atomic E-state index is 0.160. The van der Waals surface area contributed by atoms with Crippen LogP contribution < -0.4 is 16.6 Å². The van der Waals surface area contributed by atoms with E-state index >= 15 is 0 Å². The summed E-state index contributed by atoms with van der Waals surface area (Å²) in [6.45, 7) is 1.92. The van der Waals surface area contributed by atoms with Crippen molar-refractivity contribution in [3.8, 4) is 0 Å². The van der Waals surface area contributed by atoms with Gasteiger partial charge >= 0.3 is 5.69 Å². The number of rotatable bonds is 2. The van der Waals surface area contributed by atoms with Gasteiger partial charge in [0.05, 0.1) is 5.69 Å². The van der Waals surface area contributed by atoms with Crippen molar-refractivity contribution in [3.05, 3.63) is 60.8 Å². The number of H-pyrrole nitrogens is 2. The lowest BCUT2D eigenvalue weighted by Gasteiger charge is -2.07. The normalized spacial score (nSPS) is 10.2. The number of halogens is 1. The van der Waals surface area contributed by atoms with Crippen LogP contribution in [-0.4, -0.2) is 15.9 Å². The maximum atomic E-state index is 11.9. The summed E-state index contributed by atoms with van der Waals surface area (Å²) in [7, 11) is 0. The summed E-state index contributed by atoms with van der Waals surface area (Å²) in [6, 6.07) is 5.39. The number of hydrogen-bond acceptors (Lipinski definition) is 3. The number of hydrogen-bond donors (Lipinski definition) is 3. The van der Waals surface area contributed by atoms with Gasteiger partial charge in [-0.25, -0.2) is 4.79 Å². The monoisotopic (exact) mass is 323 g/mol. The Kier molecular flexibility index (Phi) is 3.66. The molecular formula is C12H10BrN3O3. The molecule has 0 saturated heterocycles. The molecule has 0 aliphatic heterocycles. The molecule has 6 nitrogen and oxygen atoms in total. The minimum atomic E-state index is -0.732. The molecule has 2 rings (SSSR count). The number of aromatic amines is 2. The molecule has 0 bridgehead atoms. The van der Waals surface area contributed by atoms with Crippen LogP contribution in [0.3, 0.4) is 0 Å². The van der Waals surface area contributed by atoms with E-state index in [9.17, 15) is 14.4 Å². The van der Waals surface area contributed by atoms with Crippen LogP contribution >= 0.6 is 15.9 Å². The molecule has 0 radical (unpaired) electrons. The number of nitrogens with one attached hydrogen (secondary N) is 3. The number of carbonyl (C=O) groups excluding carboxylic acids is 1. The summed E-state index contributed by atoms with van der Waals surface area (Å²) in [5.74, 6) is -0.595. The molecule has 0 atom stereocenters. The number of aromatic nitrogens is 2. The first kappa shape index (κ1) is 13.3. The van der Waals surface area contributed by atoms with Gasteiger partial charge in [-0.2, -0.15) is 0 Å². The standard InChI is InChI=1S/C12H10BrN3O3/c1-6-2-3-9(8(13)4-6)15-10(17)7-5-14-12(19)16-11(7)18/h2-5H,1H3,(H,15,17)(H2,14,16,18,19). The van der Waals surface area contributed by atoms with E-state index in [2.05, 4.69) is 26.2 Å². The molecule has 0 fully saturated rings. The van der Waals surface area contributed by atoms with E-state index in [-0.39, 0.29) is 5.56 Å². The minimum Gasteiger partial charge on any atom is -0.321 e. The smallest absolute Gasteiger partial charge is 0.321 e. The van der Waals surface area contributed by atoms with Crippen molar-refractivity contribution in [1.29, 1.82) is 0 Å². The first-order chi connectivity index (χ1) is 8.97. The second kappa shape index (κ2) is 5.23. The highest BCUT2D eigenvalue weighted by molar-refractivity contribution is 9.10. The molecule has 0 aliphatic rings. The fourth-order valence-corrected chi connectivity index (χ4v) is 2.08. The highest BCUT2D eigenvalue weighted by atomic mass is 79.9. The van der Waals surface area contributed by atoms with Crippen LogP contribution in [-0.2, 0) is 0 Å². The van der Waals surface area contributed by atoms with E-state index in [0.29, 0.717) is 10.2 Å². The molecule has 0 aliphatic carbocycles. The van der Waals surface area contributed by atoms with Gasteiger partial charge in [0.15, 0.2) is 0 Å². The van der Waals surface area contributed by atoms with Gasteiger partial charge < -0.3 is 10.3 Å². The van der Waals surface area contributed by atoms with Crippen molar-refractivity contribution in [2.45, 2.75) is 6.92 Å². The molecule has 1 heterocycles. The summed E-state index contributed by atoms with van der Waals surface area (Å²) in [5, 5.41) is 2.59. The number of benzene rings is 1. The van der Waals surface area contributed by atoms with Crippen LogP contribution in [0, 0.1) is 6.92 Å². The predicted octanol–water partition coefficient (Wildman–Crippen LogP) is 1.39. The van der Waals surface area contributed by atoms with E-state index in [1.807, 2.05) is 24.0 Å². The SMILES string of the molecule is Cc1ccc(NC(=O)c2c[nH]c(=O)[nH]c2=O)c(Br)c1. The fourth-order valence-electron chi connectivity index (χ4n) is 1.49. The lowest BCUT2D eigenvalue weighted by molar-refractivity contribution is 0.102. The van der Waals surface area contributed by atoms with Gasteiger partial charge in [-0.1, -0.05) is 6.07 Å². The Labute approximate surface area is 116 Å². The predicted molar refractivity (Wildman–Crippen MR) is 74.5 cm³/mol. The second-order valence-corrected chi connectivity index (χ2v) is 4.78. The third kappa shape index (κ3) is 3.00. The fraction of sp³-hybridized carbons (Fsp3) is 0.0833. The molecular weight excluding hydrogens is 314 g/mol. The number of aryl methyl sites for hydroxylation is 1. The molecule has 98 valence electrons. The zero-order valence-electron chi connectivity index (χ0n) is 9.91. The first-order valence-electron chi connectivity index (χ1n) is 5.37. The van der Waals surface area contributed by atoms with Crippen molar-refractivity contribution in [1.82, 2.24) is 9.97 Å². The van der Waals surface area contributed by atoms with Gasteiger partial charge in [-0.3, -0.25) is 14.6 Å². The van der Waals surface area contributed by atoms with Crippen molar-refractivity contribution in [3.63, 3.8) is 0 Å². The molecule has 0 saturated carbocycles. The molecule has 19 heavy (non-hydrogen) atoms. The van der Waals surface area contributed by atoms with Crippen molar-refractivity contribution >= 4 is 27.5 Å². The van der Waals surface area contributed by atoms with Gasteiger partial charge in [0.25, 0.3) is 11.5 Å². The van der Waals surface area contributed by atoms with Crippen LogP contribution in [0.1, 0.15) is 15.9 Å². The quantitative estimate of drug-likeness (QED) is 0.779. The lowest BCUT2D eigenvalue weighted by atomic mass is 10.2. The molecule has 2 aromatic rings. The molecule has 0 spiro atoms. The average molecular weight is 324 g/mol. The molecule has 0 unspecified atom stereocenters. The number of anilines is 1. The Morgan fingerprint density at radius 3 is 2.68 bits per heavy atom. The summed E-state index contributed by atoms with van der Waals surface area (Å²) in [5.41, 5.74) is 0.0302. The Bertz CT molecular complexity index is 748. The first-order valence-corrected chi connectivity index (χ1v) is 6.16. The van der Waals surface area contributed by atoms with E-state index < -0.39 is 17.2 Å². The van der Waals surface area contributed by atoms with Gasteiger partial charge in [-0.15, -0.1) is 0 Å². The van der Waals surface area contributed by atoms with Gasteiger partial charge in [-0.05, 0) is 40.5 Å². The van der Waals surface area contributed by atoms with Crippen LogP contribution in [0.15, 0.2) is 38.5 Å². The van der Waals surface area contributed by atoms with E-state index in [1.165, 1.54) is 0 Å². The van der Waals surface area contributed by atoms with E-state index in [0.717, 1.165) is 11.8 Å². The second-order valence-electron chi connectivity index (χ2n) is 3.92. The lowest BCUT2D eigenvalue weighted by Crippen LogP contribution is -2.29. The molecule has 1 amide bonds. The maximum absolute atomic E-state index is 11.9.